The number of aryl methyl sites for hydroxylation is 2. The number of aromatic nitrogens is 5. The van der Waals surface area contributed by atoms with E-state index in [1.807, 2.05) is 24.5 Å². The molecule has 0 saturated carbocycles. The number of hydrogen-bond donors (Lipinski definition) is 1. The summed E-state index contributed by atoms with van der Waals surface area (Å²) < 4.78 is 3.59. The summed E-state index contributed by atoms with van der Waals surface area (Å²) in [6.07, 6.45) is 3.33. The fourth-order valence-corrected chi connectivity index (χ4v) is 3.28. The van der Waals surface area contributed by atoms with E-state index in [4.69, 9.17) is 17.5 Å². The first-order valence-electron chi connectivity index (χ1n) is 9.25. The Hall–Kier alpha value is -3.90. The maximum atomic E-state index is 13.2. The molecule has 1 N–H and O–H groups in total. The van der Waals surface area contributed by atoms with E-state index in [9.17, 15) is 4.79 Å². The average Bonchev–Trinajstić information content (AvgIpc) is 3.13. The quantitative estimate of drug-likeness (QED) is 0.406. The molecule has 0 aliphatic carbocycles. The van der Waals surface area contributed by atoms with Crippen molar-refractivity contribution < 1.29 is 0 Å². The maximum Gasteiger partial charge on any atom is 0.216 e. The Morgan fingerprint density at radius 2 is 2.03 bits per heavy atom. The van der Waals surface area contributed by atoms with Crippen LogP contribution in [0, 0.1) is 23.0 Å². The molecule has 0 aliphatic rings. The van der Waals surface area contributed by atoms with Crippen molar-refractivity contribution in [3.8, 4) is 17.5 Å². The molecule has 8 nitrogen and oxygen atoms in total. The van der Waals surface area contributed by atoms with Gasteiger partial charge in [-0.2, -0.15) is 20.1 Å². The van der Waals surface area contributed by atoms with Crippen molar-refractivity contribution in [2.45, 2.75) is 20.4 Å². The van der Waals surface area contributed by atoms with Crippen molar-refractivity contribution in [1.82, 2.24) is 24.4 Å². The number of nitrogens with one attached hydrogen (secondary N) is 1. The largest absolute Gasteiger partial charge is 0.332 e. The zero-order chi connectivity index (χ0) is 21.3. The number of H-pyrrole nitrogens is 1. The van der Waals surface area contributed by atoms with Crippen LogP contribution in [0.5, 0.6) is 0 Å². The van der Waals surface area contributed by atoms with Crippen molar-refractivity contribution in [3.05, 3.63) is 74.4 Å². The first-order chi connectivity index (χ1) is 14.5. The molecule has 0 fully saturated rings. The first-order valence-corrected chi connectivity index (χ1v) is 9.65. The van der Waals surface area contributed by atoms with Crippen LogP contribution in [0.2, 0.25) is 0 Å². The predicted molar refractivity (Wildman–Crippen MR) is 117 cm³/mol. The number of aromatic amines is 1. The van der Waals surface area contributed by atoms with Crippen molar-refractivity contribution in [3.63, 3.8) is 0 Å². The number of hydrogen-bond acceptors (Lipinski definition) is 6. The van der Waals surface area contributed by atoms with Gasteiger partial charge in [-0.3, -0.25) is 4.79 Å². The fourth-order valence-electron chi connectivity index (χ4n) is 3.10. The number of rotatable bonds is 4. The molecular formula is C21H17N7OS. The van der Waals surface area contributed by atoms with Gasteiger partial charge in [0.05, 0.1) is 28.8 Å². The monoisotopic (exact) mass is 415 g/mol. The van der Waals surface area contributed by atoms with Gasteiger partial charge in [0.1, 0.15) is 5.65 Å². The Bertz CT molecular complexity index is 1440. The van der Waals surface area contributed by atoms with Crippen LogP contribution in [0.4, 0.5) is 0 Å². The van der Waals surface area contributed by atoms with Crippen LogP contribution in [-0.4, -0.2) is 30.6 Å². The third-order valence-corrected chi connectivity index (χ3v) is 4.92. The zero-order valence-corrected chi connectivity index (χ0v) is 17.1. The second-order valence-electron chi connectivity index (χ2n) is 6.62. The molecular weight excluding hydrogens is 398 g/mol. The van der Waals surface area contributed by atoms with Crippen LogP contribution in [0.3, 0.4) is 0 Å². The number of nitrogens with zero attached hydrogens (tertiary/aromatic N) is 6. The van der Waals surface area contributed by atoms with Gasteiger partial charge in [-0.05, 0) is 55.9 Å². The molecule has 4 rings (SSSR count). The lowest BCUT2D eigenvalue weighted by atomic mass is 10.1. The molecule has 148 valence electrons. The van der Waals surface area contributed by atoms with Gasteiger partial charge in [0.2, 0.25) is 10.2 Å². The molecule has 3 aromatic heterocycles. The molecule has 1 aromatic carbocycles. The lowest BCUT2D eigenvalue weighted by Gasteiger charge is -2.11. The Labute approximate surface area is 176 Å². The third-order valence-electron chi connectivity index (χ3n) is 4.65. The van der Waals surface area contributed by atoms with E-state index in [1.165, 1.54) is 4.68 Å². The molecule has 0 spiro atoms. The molecule has 0 aliphatic heterocycles. The van der Waals surface area contributed by atoms with Crippen LogP contribution in [0.25, 0.3) is 22.4 Å². The van der Waals surface area contributed by atoms with Crippen LogP contribution in [0.1, 0.15) is 23.7 Å². The lowest BCUT2D eigenvalue weighted by Crippen LogP contribution is -2.15. The van der Waals surface area contributed by atoms with Crippen LogP contribution in [0.15, 0.2) is 52.5 Å². The normalized spacial score (nSPS) is 11.2. The Kier molecular flexibility index (Phi) is 5.08. The van der Waals surface area contributed by atoms with E-state index in [-0.39, 0.29) is 10.2 Å². The van der Waals surface area contributed by atoms with Crippen molar-refractivity contribution in [1.29, 1.82) is 5.26 Å². The summed E-state index contributed by atoms with van der Waals surface area (Å²) >= 11 is 5.31. The number of fused-ring (bicyclic) bond motifs is 1. The third kappa shape index (κ3) is 3.44. The highest BCUT2D eigenvalue weighted by Crippen LogP contribution is 2.18. The minimum atomic E-state index is -0.189. The SMILES string of the molecule is CCn1cc(-c2n[nH]c(=S)n2/N=C/c2ccc(C#N)cc2)c(=O)c2ccc(C)nc21. The Morgan fingerprint density at radius 1 is 1.27 bits per heavy atom. The van der Waals surface area contributed by atoms with E-state index in [0.29, 0.717) is 34.5 Å². The van der Waals surface area contributed by atoms with Gasteiger partial charge in [0, 0.05) is 18.4 Å². The minimum absolute atomic E-state index is 0.189. The van der Waals surface area contributed by atoms with Crippen LogP contribution in [-0.2, 0) is 6.54 Å². The smallest absolute Gasteiger partial charge is 0.216 e. The van der Waals surface area contributed by atoms with Gasteiger partial charge >= 0.3 is 0 Å². The van der Waals surface area contributed by atoms with Crippen molar-refractivity contribution in [2.75, 3.05) is 0 Å². The summed E-state index contributed by atoms with van der Waals surface area (Å²) in [6, 6.07) is 12.6. The zero-order valence-electron chi connectivity index (χ0n) is 16.3. The molecule has 0 amide bonds. The summed E-state index contributed by atoms with van der Waals surface area (Å²) in [6.45, 7) is 4.51. The molecule has 3 heterocycles. The standard InChI is InChI=1S/C21H17N7OS/c1-3-27-12-17(18(29)16-9-4-13(2)24-19(16)27)20-25-26-21(30)28(20)23-11-15-7-5-14(10-22)6-8-15/h4-9,11-12H,3H2,1-2H3,(H,26,30)/b23-11+. The topological polar surface area (TPSA) is 105 Å². The highest BCUT2D eigenvalue weighted by Gasteiger charge is 2.17. The maximum absolute atomic E-state index is 13.2. The van der Waals surface area contributed by atoms with Gasteiger partial charge in [0.25, 0.3) is 0 Å². The summed E-state index contributed by atoms with van der Waals surface area (Å²) in [4.78, 5) is 17.7. The molecule has 0 bridgehead atoms. The Balaban J connectivity index is 1.85. The number of benzene rings is 1. The van der Waals surface area contributed by atoms with Gasteiger partial charge in [-0.25, -0.2) is 10.1 Å². The summed E-state index contributed by atoms with van der Waals surface area (Å²) in [7, 11) is 0. The number of pyridine rings is 2. The highest BCUT2D eigenvalue weighted by atomic mass is 32.1. The van der Waals surface area contributed by atoms with Gasteiger partial charge in [0.15, 0.2) is 5.82 Å². The van der Waals surface area contributed by atoms with Gasteiger partial charge < -0.3 is 4.57 Å². The Morgan fingerprint density at radius 3 is 2.73 bits per heavy atom. The first kappa shape index (κ1) is 19.4. The van der Waals surface area contributed by atoms with E-state index >= 15 is 0 Å². The van der Waals surface area contributed by atoms with Crippen LogP contribution < -0.4 is 5.43 Å². The molecule has 0 saturated heterocycles. The summed E-state index contributed by atoms with van der Waals surface area (Å²) in [5.74, 6) is 0.319. The lowest BCUT2D eigenvalue weighted by molar-refractivity contribution is 0.773. The van der Waals surface area contributed by atoms with Gasteiger partial charge in [-0.15, -0.1) is 0 Å². The highest BCUT2D eigenvalue weighted by molar-refractivity contribution is 7.71. The molecule has 4 aromatic rings. The predicted octanol–water partition coefficient (Wildman–Crippen LogP) is 3.40. The molecule has 30 heavy (non-hydrogen) atoms. The van der Waals surface area contributed by atoms with Crippen molar-refractivity contribution >= 4 is 29.5 Å². The fraction of sp³-hybridized carbons (Fsp3) is 0.143. The van der Waals surface area contributed by atoms with E-state index in [2.05, 4.69) is 26.4 Å². The summed E-state index contributed by atoms with van der Waals surface area (Å²) in [5, 5.41) is 20.8. The molecule has 0 unspecified atom stereocenters. The van der Waals surface area contributed by atoms with E-state index in [1.54, 1.807) is 42.7 Å². The van der Waals surface area contributed by atoms with Crippen molar-refractivity contribution in [2.24, 2.45) is 5.10 Å². The minimum Gasteiger partial charge on any atom is -0.332 e. The van der Waals surface area contributed by atoms with Gasteiger partial charge in [-0.1, -0.05) is 12.1 Å². The van der Waals surface area contributed by atoms with E-state index in [0.717, 1.165) is 11.3 Å². The second-order valence-corrected chi connectivity index (χ2v) is 7.01. The molecule has 9 heteroatoms. The molecule has 0 atom stereocenters. The molecule has 0 radical (unpaired) electrons. The summed E-state index contributed by atoms with van der Waals surface area (Å²) in [5.41, 5.74) is 3.00. The van der Waals surface area contributed by atoms with Crippen LogP contribution >= 0.6 is 12.2 Å². The second kappa shape index (κ2) is 7.85. The number of nitriles is 1. The van der Waals surface area contributed by atoms with E-state index < -0.39 is 0 Å². The average molecular weight is 415 g/mol.